The number of aliphatic imine (C=N–C) groups is 1. The van der Waals surface area contributed by atoms with Crippen LogP contribution in [-0.4, -0.2) is 10.8 Å². The maximum Gasteiger partial charge on any atom is 0.0994 e. The molecule has 0 fully saturated rings. The molecule has 1 heterocycles. The molecule has 0 aliphatic rings. The third-order valence-corrected chi connectivity index (χ3v) is 2.21. The van der Waals surface area contributed by atoms with E-state index in [2.05, 4.69) is 9.98 Å². The molecule has 0 saturated carbocycles. The first kappa shape index (κ1) is 9.65. The van der Waals surface area contributed by atoms with E-state index < -0.39 is 0 Å². The molecule has 0 aliphatic carbocycles. The Labute approximate surface area is 88.7 Å². The monoisotopic (exact) mass is 199 g/mol. The van der Waals surface area contributed by atoms with Crippen molar-refractivity contribution in [3.8, 4) is 0 Å². The standard InChI is InChI=1S/C12H13N3/c1-2-12(13)15-10-7-9-5-3-4-6-11(9)14-8-10/h3-8H,2H2,1H3,(H2,13,15). The predicted octanol–water partition coefficient (Wildman–Crippen LogP) is 2.63. The SMILES string of the molecule is CCC(N)=Nc1cnc2ccccc2c1. The van der Waals surface area contributed by atoms with Crippen molar-refractivity contribution < 1.29 is 0 Å². The van der Waals surface area contributed by atoms with E-state index in [9.17, 15) is 0 Å². The van der Waals surface area contributed by atoms with Crippen LogP contribution in [0.15, 0.2) is 41.5 Å². The molecule has 2 aromatic rings. The summed E-state index contributed by atoms with van der Waals surface area (Å²) in [5.74, 6) is 0.632. The van der Waals surface area contributed by atoms with E-state index in [-0.39, 0.29) is 0 Å². The highest BCUT2D eigenvalue weighted by atomic mass is 14.9. The van der Waals surface area contributed by atoms with E-state index in [0.717, 1.165) is 23.0 Å². The molecule has 2 N–H and O–H groups in total. The van der Waals surface area contributed by atoms with Crippen LogP contribution in [0.25, 0.3) is 10.9 Å². The van der Waals surface area contributed by atoms with Crippen LogP contribution in [0.4, 0.5) is 5.69 Å². The van der Waals surface area contributed by atoms with Gasteiger partial charge in [0, 0.05) is 11.8 Å². The number of nitrogens with zero attached hydrogens (tertiary/aromatic N) is 2. The van der Waals surface area contributed by atoms with E-state index >= 15 is 0 Å². The van der Waals surface area contributed by atoms with Gasteiger partial charge in [-0.25, -0.2) is 4.99 Å². The maximum absolute atomic E-state index is 5.67. The number of fused-ring (bicyclic) bond motifs is 1. The quantitative estimate of drug-likeness (QED) is 0.597. The third kappa shape index (κ3) is 2.13. The Morgan fingerprint density at radius 2 is 2.20 bits per heavy atom. The number of rotatable bonds is 2. The van der Waals surface area contributed by atoms with Gasteiger partial charge in [0.05, 0.1) is 23.2 Å². The van der Waals surface area contributed by atoms with Crippen molar-refractivity contribution in [2.75, 3.05) is 0 Å². The lowest BCUT2D eigenvalue weighted by atomic mass is 10.2. The maximum atomic E-state index is 5.67. The highest BCUT2D eigenvalue weighted by Crippen LogP contribution is 2.18. The van der Waals surface area contributed by atoms with Gasteiger partial charge in [-0.05, 0) is 12.1 Å². The summed E-state index contributed by atoms with van der Waals surface area (Å²) < 4.78 is 0. The zero-order valence-corrected chi connectivity index (χ0v) is 8.64. The Bertz CT molecular complexity index is 503. The van der Waals surface area contributed by atoms with Gasteiger partial charge in [-0.2, -0.15) is 0 Å². The van der Waals surface area contributed by atoms with Crippen molar-refractivity contribution in [2.45, 2.75) is 13.3 Å². The number of amidine groups is 1. The Balaban J connectivity index is 2.47. The summed E-state index contributed by atoms with van der Waals surface area (Å²) in [4.78, 5) is 8.57. The number of benzene rings is 1. The van der Waals surface area contributed by atoms with Crippen LogP contribution in [0.2, 0.25) is 0 Å². The van der Waals surface area contributed by atoms with E-state index in [0.29, 0.717) is 5.84 Å². The number of nitrogens with two attached hydrogens (primary N) is 1. The Hall–Kier alpha value is -1.90. The Kier molecular flexibility index (Phi) is 2.63. The van der Waals surface area contributed by atoms with E-state index in [1.807, 2.05) is 37.3 Å². The van der Waals surface area contributed by atoms with Crippen molar-refractivity contribution in [2.24, 2.45) is 10.7 Å². The molecule has 0 atom stereocenters. The minimum atomic E-state index is 0.632. The van der Waals surface area contributed by atoms with E-state index in [1.54, 1.807) is 6.20 Å². The number of hydrogen-bond donors (Lipinski definition) is 1. The van der Waals surface area contributed by atoms with Gasteiger partial charge in [0.2, 0.25) is 0 Å². The third-order valence-electron chi connectivity index (χ3n) is 2.21. The van der Waals surface area contributed by atoms with Gasteiger partial charge < -0.3 is 5.73 Å². The molecule has 0 amide bonds. The second kappa shape index (κ2) is 4.09. The molecule has 15 heavy (non-hydrogen) atoms. The molecule has 0 saturated heterocycles. The largest absolute Gasteiger partial charge is 0.387 e. The van der Waals surface area contributed by atoms with Crippen LogP contribution >= 0.6 is 0 Å². The summed E-state index contributed by atoms with van der Waals surface area (Å²) >= 11 is 0. The summed E-state index contributed by atoms with van der Waals surface area (Å²) in [6.45, 7) is 1.98. The number of aromatic nitrogens is 1. The normalized spacial score (nSPS) is 11.9. The molecule has 3 heteroatoms. The summed E-state index contributed by atoms with van der Waals surface area (Å²) in [6, 6.07) is 9.94. The summed E-state index contributed by atoms with van der Waals surface area (Å²) in [7, 11) is 0. The van der Waals surface area contributed by atoms with Crippen molar-refractivity contribution in [3.05, 3.63) is 36.5 Å². The molecule has 3 nitrogen and oxygen atoms in total. The van der Waals surface area contributed by atoms with Gasteiger partial charge in [0.25, 0.3) is 0 Å². The Morgan fingerprint density at radius 3 is 3.00 bits per heavy atom. The number of pyridine rings is 1. The molecule has 1 aromatic carbocycles. The zero-order chi connectivity index (χ0) is 10.7. The lowest BCUT2D eigenvalue weighted by Gasteiger charge is -1.99. The lowest BCUT2D eigenvalue weighted by Crippen LogP contribution is -2.08. The summed E-state index contributed by atoms with van der Waals surface area (Å²) in [5.41, 5.74) is 7.46. The second-order valence-electron chi connectivity index (χ2n) is 3.34. The van der Waals surface area contributed by atoms with Crippen LogP contribution < -0.4 is 5.73 Å². The molecule has 2 rings (SSSR count). The van der Waals surface area contributed by atoms with Crippen molar-refractivity contribution in [3.63, 3.8) is 0 Å². The smallest absolute Gasteiger partial charge is 0.0994 e. The molecular formula is C12H13N3. The average molecular weight is 199 g/mol. The van der Waals surface area contributed by atoms with Crippen LogP contribution in [0.1, 0.15) is 13.3 Å². The first-order chi connectivity index (χ1) is 7.29. The predicted molar refractivity (Wildman–Crippen MR) is 63.3 cm³/mol. The van der Waals surface area contributed by atoms with Crippen LogP contribution in [0, 0.1) is 0 Å². The minimum absolute atomic E-state index is 0.632. The molecule has 1 aromatic heterocycles. The van der Waals surface area contributed by atoms with Crippen LogP contribution in [0.3, 0.4) is 0 Å². The minimum Gasteiger partial charge on any atom is -0.387 e. The van der Waals surface area contributed by atoms with Gasteiger partial charge in [0.15, 0.2) is 0 Å². The first-order valence-electron chi connectivity index (χ1n) is 4.97. The van der Waals surface area contributed by atoms with Crippen molar-refractivity contribution in [1.29, 1.82) is 0 Å². The average Bonchev–Trinajstić information content (AvgIpc) is 2.29. The second-order valence-corrected chi connectivity index (χ2v) is 3.34. The zero-order valence-electron chi connectivity index (χ0n) is 8.64. The Morgan fingerprint density at radius 1 is 1.40 bits per heavy atom. The molecule has 0 spiro atoms. The van der Waals surface area contributed by atoms with Gasteiger partial charge >= 0.3 is 0 Å². The molecule has 76 valence electrons. The van der Waals surface area contributed by atoms with E-state index in [1.165, 1.54) is 0 Å². The number of hydrogen-bond acceptors (Lipinski definition) is 2. The fourth-order valence-electron chi connectivity index (χ4n) is 1.37. The lowest BCUT2D eigenvalue weighted by molar-refractivity contribution is 1.23. The van der Waals surface area contributed by atoms with E-state index in [4.69, 9.17) is 5.73 Å². The molecule has 0 radical (unpaired) electrons. The fourth-order valence-corrected chi connectivity index (χ4v) is 1.37. The van der Waals surface area contributed by atoms with Crippen molar-refractivity contribution >= 4 is 22.4 Å². The molecule has 0 unspecified atom stereocenters. The highest BCUT2D eigenvalue weighted by molar-refractivity contribution is 5.85. The molecule has 0 bridgehead atoms. The molecule has 0 aliphatic heterocycles. The van der Waals surface area contributed by atoms with Gasteiger partial charge in [0.1, 0.15) is 0 Å². The van der Waals surface area contributed by atoms with Gasteiger partial charge in [-0.3, -0.25) is 4.98 Å². The number of para-hydroxylation sites is 1. The highest BCUT2D eigenvalue weighted by Gasteiger charge is 1.96. The van der Waals surface area contributed by atoms with Crippen LogP contribution in [-0.2, 0) is 0 Å². The van der Waals surface area contributed by atoms with Gasteiger partial charge in [-0.1, -0.05) is 25.1 Å². The fraction of sp³-hybridized carbons (Fsp3) is 0.167. The topological polar surface area (TPSA) is 51.3 Å². The molecular weight excluding hydrogens is 186 g/mol. The van der Waals surface area contributed by atoms with Gasteiger partial charge in [-0.15, -0.1) is 0 Å². The summed E-state index contributed by atoms with van der Waals surface area (Å²) in [6.07, 6.45) is 2.50. The summed E-state index contributed by atoms with van der Waals surface area (Å²) in [5, 5.41) is 1.09. The van der Waals surface area contributed by atoms with Crippen molar-refractivity contribution in [1.82, 2.24) is 4.98 Å². The van der Waals surface area contributed by atoms with Crippen LogP contribution in [0.5, 0.6) is 0 Å². The first-order valence-corrected chi connectivity index (χ1v) is 4.97.